The van der Waals surface area contributed by atoms with Crippen LogP contribution < -0.4 is 10.1 Å². The second kappa shape index (κ2) is 6.67. The van der Waals surface area contributed by atoms with Crippen LogP contribution in [0.5, 0.6) is 5.75 Å². The van der Waals surface area contributed by atoms with Gasteiger partial charge in [0.05, 0.1) is 19.2 Å². The van der Waals surface area contributed by atoms with E-state index in [9.17, 15) is 4.79 Å². The van der Waals surface area contributed by atoms with Crippen molar-refractivity contribution < 1.29 is 9.53 Å². The van der Waals surface area contributed by atoms with Gasteiger partial charge in [-0.2, -0.15) is 5.21 Å². The Labute approximate surface area is 148 Å². The summed E-state index contributed by atoms with van der Waals surface area (Å²) in [4.78, 5) is 15.9. The number of H-pyrrole nitrogens is 2. The number of methoxy groups -OCH3 is 1. The maximum Gasteiger partial charge on any atom is 0.252 e. The highest BCUT2D eigenvalue weighted by Crippen LogP contribution is 2.22. The fourth-order valence-electron chi connectivity index (χ4n) is 2.82. The van der Waals surface area contributed by atoms with Crippen LogP contribution in [0.2, 0.25) is 0 Å². The first-order chi connectivity index (χ1) is 12.7. The molecule has 0 aliphatic rings. The van der Waals surface area contributed by atoms with E-state index in [2.05, 4.69) is 30.9 Å². The summed E-state index contributed by atoms with van der Waals surface area (Å²) in [6, 6.07) is 14.9. The van der Waals surface area contributed by atoms with Crippen LogP contribution in [0.3, 0.4) is 0 Å². The summed E-state index contributed by atoms with van der Waals surface area (Å²) in [6.07, 6.45) is 0. The number of ether oxygens (including phenoxy) is 1. The number of hydrogen-bond acceptors (Lipinski definition) is 5. The van der Waals surface area contributed by atoms with Crippen LogP contribution in [0.1, 0.15) is 16.1 Å². The van der Waals surface area contributed by atoms with E-state index in [0.717, 1.165) is 22.3 Å². The topological polar surface area (TPSA) is 109 Å². The molecular formula is C18H16N6O2. The average Bonchev–Trinajstić information content (AvgIpc) is 3.34. The molecule has 0 atom stereocenters. The van der Waals surface area contributed by atoms with Crippen LogP contribution in [0.25, 0.3) is 22.3 Å². The summed E-state index contributed by atoms with van der Waals surface area (Å²) in [6.45, 7) is 0.371. The highest BCUT2D eigenvalue weighted by molar-refractivity contribution is 6.00. The standard InChI is InChI=1S/C18H16N6O2/c1-26-13-6-7-16-11(9-13)8-12(20-16)10-19-18(25)15-5-3-2-4-14(15)17-21-23-24-22-17/h2-9,20H,10H2,1H3,(H,19,25)(H,21,22,23,24). The number of amides is 1. The van der Waals surface area contributed by atoms with Gasteiger partial charge in [-0.15, -0.1) is 10.2 Å². The monoisotopic (exact) mass is 348 g/mol. The van der Waals surface area contributed by atoms with Gasteiger partial charge < -0.3 is 15.0 Å². The van der Waals surface area contributed by atoms with Gasteiger partial charge in [0.2, 0.25) is 5.82 Å². The van der Waals surface area contributed by atoms with Crippen molar-refractivity contribution >= 4 is 16.8 Å². The molecule has 2 aromatic carbocycles. The van der Waals surface area contributed by atoms with Crippen molar-refractivity contribution in [3.63, 3.8) is 0 Å². The maximum atomic E-state index is 12.6. The molecule has 4 aromatic rings. The van der Waals surface area contributed by atoms with Crippen molar-refractivity contribution in [2.45, 2.75) is 6.54 Å². The number of carbonyl (C=O) groups is 1. The molecule has 0 spiro atoms. The summed E-state index contributed by atoms with van der Waals surface area (Å²) < 4.78 is 5.23. The Bertz CT molecular complexity index is 1050. The normalized spacial score (nSPS) is 10.8. The predicted molar refractivity (Wildman–Crippen MR) is 95.6 cm³/mol. The van der Waals surface area contributed by atoms with Gasteiger partial charge in [-0.05, 0) is 35.5 Å². The summed E-state index contributed by atoms with van der Waals surface area (Å²) in [7, 11) is 1.64. The first kappa shape index (κ1) is 15.8. The molecule has 0 aliphatic carbocycles. The number of carbonyl (C=O) groups excluding carboxylic acids is 1. The van der Waals surface area contributed by atoms with E-state index in [1.54, 1.807) is 25.3 Å². The van der Waals surface area contributed by atoms with Gasteiger partial charge in [-0.1, -0.05) is 18.2 Å². The lowest BCUT2D eigenvalue weighted by atomic mass is 10.1. The number of aromatic nitrogens is 5. The third-order valence-electron chi connectivity index (χ3n) is 4.08. The van der Waals surface area contributed by atoms with E-state index in [-0.39, 0.29) is 5.91 Å². The molecule has 26 heavy (non-hydrogen) atoms. The fourth-order valence-corrected chi connectivity index (χ4v) is 2.82. The second-order valence-corrected chi connectivity index (χ2v) is 5.71. The molecule has 1 amide bonds. The van der Waals surface area contributed by atoms with Gasteiger partial charge >= 0.3 is 0 Å². The van der Waals surface area contributed by atoms with Gasteiger partial charge in [-0.3, -0.25) is 4.79 Å². The second-order valence-electron chi connectivity index (χ2n) is 5.71. The molecule has 0 saturated heterocycles. The number of fused-ring (bicyclic) bond motifs is 1. The van der Waals surface area contributed by atoms with E-state index in [4.69, 9.17) is 4.74 Å². The summed E-state index contributed by atoms with van der Waals surface area (Å²) in [5.74, 6) is 0.969. The number of nitrogens with one attached hydrogen (secondary N) is 3. The zero-order valence-corrected chi connectivity index (χ0v) is 14.0. The van der Waals surface area contributed by atoms with Crippen molar-refractivity contribution in [2.24, 2.45) is 0 Å². The Morgan fingerprint density at radius 1 is 1.19 bits per heavy atom. The van der Waals surface area contributed by atoms with Crippen LogP contribution >= 0.6 is 0 Å². The number of benzene rings is 2. The van der Waals surface area contributed by atoms with Crippen LogP contribution in [-0.2, 0) is 6.54 Å². The van der Waals surface area contributed by atoms with Crippen LogP contribution in [0.4, 0.5) is 0 Å². The van der Waals surface area contributed by atoms with Gasteiger partial charge in [0.1, 0.15) is 5.75 Å². The third-order valence-corrected chi connectivity index (χ3v) is 4.08. The van der Waals surface area contributed by atoms with Gasteiger partial charge in [0, 0.05) is 22.2 Å². The molecule has 0 aliphatic heterocycles. The molecule has 130 valence electrons. The zero-order valence-electron chi connectivity index (χ0n) is 14.0. The largest absolute Gasteiger partial charge is 0.497 e. The Balaban J connectivity index is 1.53. The van der Waals surface area contributed by atoms with Crippen LogP contribution in [0.15, 0.2) is 48.5 Å². The molecular weight excluding hydrogens is 332 g/mol. The van der Waals surface area contributed by atoms with E-state index in [1.807, 2.05) is 30.3 Å². The minimum absolute atomic E-state index is 0.207. The molecule has 4 rings (SSSR count). The molecule has 2 aromatic heterocycles. The SMILES string of the molecule is COc1ccc2[nH]c(CNC(=O)c3ccccc3-c3nn[nH]n3)cc2c1. The number of hydrogen-bond donors (Lipinski definition) is 3. The number of nitrogens with zero attached hydrogens (tertiary/aromatic N) is 3. The molecule has 8 nitrogen and oxygen atoms in total. The predicted octanol–water partition coefficient (Wildman–Crippen LogP) is 2.29. The van der Waals surface area contributed by atoms with E-state index >= 15 is 0 Å². The van der Waals surface area contributed by atoms with Crippen molar-refractivity contribution in [1.82, 2.24) is 30.9 Å². The average molecular weight is 348 g/mol. The Morgan fingerprint density at radius 2 is 2.08 bits per heavy atom. The van der Waals surface area contributed by atoms with E-state index in [0.29, 0.717) is 23.5 Å². The smallest absolute Gasteiger partial charge is 0.252 e. The minimum atomic E-state index is -0.207. The number of tetrazole rings is 1. The maximum absolute atomic E-state index is 12.6. The highest BCUT2D eigenvalue weighted by Gasteiger charge is 2.15. The Hall–Kier alpha value is -3.68. The number of aromatic amines is 2. The molecule has 0 radical (unpaired) electrons. The summed E-state index contributed by atoms with van der Waals surface area (Å²) >= 11 is 0. The van der Waals surface area contributed by atoms with Crippen LogP contribution in [0, 0.1) is 0 Å². The van der Waals surface area contributed by atoms with E-state index < -0.39 is 0 Å². The number of rotatable bonds is 5. The van der Waals surface area contributed by atoms with Gasteiger partial charge in [0.15, 0.2) is 0 Å². The highest BCUT2D eigenvalue weighted by atomic mass is 16.5. The van der Waals surface area contributed by atoms with Crippen molar-refractivity contribution in [3.05, 3.63) is 59.8 Å². The first-order valence-corrected chi connectivity index (χ1v) is 8.01. The zero-order chi connectivity index (χ0) is 17.9. The van der Waals surface area contributed by atoms with Crippen LogP contribution in [-0.4, -0.2) is 38.6 Å². The molecule has 0 bridgehead atoms. The van der Waals surface area contributed by atoms with Crippen molar-refractivity contribution in [1.29, 1.82) is 0 Å². The fraction of sp³-hybridized carbons (Fsp3) is 0.111. The Morgan fingerprint density at radius 3 is 2.88 bits per heavy atom. The molecule has 0 unspecified atom stereocenters. The van der Waals surface area contributed by atoms with E-state index in [1.165, 1.54) is 0 Å². The van der Waals surface area contributed by atoms with Gasteiger partial charge in [-0.25, -0.2) is 0 Å². The lowest BCUT2D eigenvalue weighted by Gasteiger charge is -2.07. The molecule has 8 heteroatoms. The van der Waals surface area contributed by atoms with Gasteiger partial charge in [0.25, 0.3) is 5.91 Å². The molecule has 3 N–H and O–H groups in total. The van der Waals surface area contributed by atoms with Crippen molar-refractivity contribution in [3.8, 4) is 17.1 Å². The van der Waals surface area contributed by atoms with Crippen molar-refractivity contribution in [2.75, 3.05) is 7.11 Å². The lowest BCUT2D eigenvalue weighted by Crippen LogP contribution is -2.23. The molecule has 0 fully saturated rings. The molecule has 2 heterocycles. The summed E-state index contributed by atoms with van der Waals surface area (Å²) in [5.41, 5.74) is 3.01. The third kappa shape index (κ3) is 3.00. The minimum Gasteiger partial charge on any atom is -0.497 e. The lowest BCUT2D eigenvalue weighted by molar-refractivity contribution is 0.0951. The molecule has 0 saturated carbocycles. The quantitative estimate of drug-likeness (QED) is 0.513. The Kier molecular flexibility index (Phi) is 4.06. The summed E-state index contributed by atoms with van der Waals surface area (Å²) in [5, 5.41) is 17.8. The first-order valence-electron chi connectivity index (χ1n) is 8.01.